The first-order valence-electron chi connectivity index (χ1n) is 6.53. The predicted molar refractivity (Wildman–Crippen MR) is 73.8 cm³/mol. The monoisotopic (exact) mass is 235 g/mol. The van der Waals surface area contributed by atoms with Gasteiger partial charge in [0.1, 0.15) is 5.75 Å². The van der Waals surface area contributed by atoms with Crippen molar-refractivity contribution in [3.8, 4) is 5.75 Å². The van der Waals surface area contributed by atoms with Crippen LogP contribution in [0.1, 0.15) is 49.8 Å². The topological polar surface area (TPSA) is 35.2 Å². The normalized spacial score (nSPS) is 10.9. The maximum atomic E-state index is 5.58. The summed E-state index contributed by atoms with van der Waals surface area (Å²) in [5.74, 6) is 1.56. The van der Waals surface area contributed by atoms with Gasteiger partial charge in [-0.05, 0) is 48.4 Å². The van der Waals surface area contributed by atoms with Crippen molar-refractivity contribution in [2.45, 2.75) is 46.0 Å². The van der Waals surface area contributed by atoms with E-state index in [9.17, 15) is 0 Å². The van der Waals surface area contributed by atoms with E-state index in [1.54, 1.807) is 7.11 Å². The Balaban J connectivity index is 3.15. The molecule has 0 saturated carbocycles. The Bertz CT molecular complexity index is 358. The molecule has 17 heavy (non-hydrogen) atoms. The molecule has 2 N–H and O–H groups in total. The Kier molecular flexibility index (Phi) is 5.49. The number of rotatable bonds is 6. The molecule has 0 spiro atoms. The van der Waals surface area contributed by atoms with Crippen molar-refractivity contribution in [2.75, 3.05) is 13.7 Å². The third kappa shape index (κ3) is 3.47. The van der Waals surface area contributed by atoms with Gasteiger partial charge in [-0.3, -0.25) is 0 Å². The molecule has 0 radical (unpaired) electrons. The molecular weight excluding hydrogens is 210 g/mol. The van der Waals surface area contributed by atoms with Crippen molar-refractivity contribution in [1.29, 1.82) is 0 Å². The molecular formula is C15H25NO. The standard InChI is InChI=1S/C15H25NO/c1-5-13-9-12(7-6-8-16)10-14(11(2)3)15(13)17-4/h9-11H,5-8,16H2,1-4H3. The lowest BCUT2D eigenvalue weighted by atomic mass is 9.93. The fraction of sp³-hybridized carbons (Fsp3) is 0.600. The van der Waals surface area contributed by atoms with Gasteiger partial charge < -0.3 is 10.5 Å². The van der Waals surface area contributed by atoms with Crippen molar-refractivity contribution < 1.29 is 4.74 Å². The van der Waals surface area contributed by atoms with Crippen molar-refractivity contribution in [3.63, 3.8) is 0 Å². The minimum absolute atomic E-state index is 0.494. The molecule has 2 nitrogen and oxygen atoms in total. The molecule has 1 rings (SSSR count). The van der Waals surface area contributed by atoms with Crippen LogP contribution in [0, 0.1) is 0 Å². The van der Waals surface area contributed by atoms with Crippen LogP contribution in [0.15, 0.2) is 12.1 Å². The summed E-state index contributed by atoms with van der Waals surface area (Å²) in [5.41, 5.74) is 9.59. The van der Waals surface area contributed by atoms with E-state index in [1.807, 2.05) is 0 Å². The van der Waals surface area contributed by atoms with Crippen molar-refractivity contribution in [3.05, 3.63) is 28.8 Å². The first-order valence-corrected chi connectivity index (χ1v) is 6.53. The summed E-state index contributed by atoms with van der Waals surface area (Å²) >= 11 is 0. The second kappa shape index (κ2) is 6.65. The fourth-order valence-electron chi connectivity index (χ4n) is 2.17. The molecule has 0 aliphatic rings. The Morgan fingerprint density at radius 3 is 2.47 bits per heavy atom. The lowest BCUT2D eigenvalue weighted by molar-refractivity contribution is 0.402. The van der Waals surface area contributed by atoms with Gasteiger partial charge in [0, 0.05) is 0 Å². The number of nitrogens with two attached hydrogens (primary N) is 1. The Labute approximate surface area is 105 Å². The molecule has 96 valence electrons. The third-order valence-corrected chi connectivity index (χ3v) is 3.13. The van der Waals surface area contributed by atoms with Gasteiger partial charge in [0.2, 0.25) is 0 Å². The van der Waals surface area contributed by atoms with Crippen molar-refractivity contribution in [1.82, 2.24) is 0 Å². The highest BCUT2D eigenvalue weighted by Crippen LogP contribution is 2.32. The van der Waals surface area contributed by atoms with E-state index in [0.29, 0.717) is 5.92 Å². The van der Waals surface area contributed by atoms with Crippen molar-refractivity contribution >= 4 is 0 Å². The van der Waals surface area contributed by atoms with Crippen LogP contribution in [0.25, 0.3) is 0 Å². The van der Waals surface area contributed by atoms with Crippen LogP contribution in [0.5, 0.6) is 5.75 Å². The van der Waals surface area contributed by atoms with E-state index in [2.05, 4.69) is 32.9 Å². The van der Waals surface area contributed by atoms with E-state index in [-0.39, 0.29) is 0 Å². The summed E-state index contributed by atoms with van der Waals surface area (Å²) in [6.07, 6.45) is 3.12. The maximum Gasteiger partial charge on any atom is 0.125 e. The van der Waals surface area contributed by atoms with Crippen LogP contribution in [0.3, 0.4) is 0 Å². The quantitative estimate of drug-likeness (QED) is 0.821. The number of hydrogen-bond acceptors (Lipinski definition) is 2. The lowest BCUT2D eigenvalue weighted by Gasteiger charge is -2.17. The SMILES string of the molecule is CCc1cc(CCCN)cc(C(C)C)c1OC. The molecule has 0 fully saturated rings. The van der Waals surface area contributed by atoms with E-state index in [1.165, 1.54) is 16.7 Å². The summed E-state index contributed by atoms with van der Waals surface area (Å²) in [5, 5.41) is 0. The van der Waals surface area contributed by atoms with Gasteiger partial charge >= 0.3 is 0 Å². The van der Waals surface area contributed by atoms with Gasteiger partial charge in [-0.2, -0.15) is 0 Å². The van der Waals surface area contributed by atoms with E-state index >= 15 is 0 Å². The van der Waals surface area contributed by atoms with Crippen LogP contribution in [0.4, 0.5) is 0 Å². The van der Waals surface area contributed by atoms with E-state index in [4.69, 9.17) is 10.5 Å². The van der Waals surface area contributed by atoms with Crippen molar-refractivity contribution in [2.24, 2.45) is 5.73 Å². The summed E-state index contributed by atoms with van der Waals surface area (Å²) in [6.45, 7) is 7.35. The molecule has 0 aliphatic carbocycles. The molecule has 2 heteroatoms. The summed E-state index contributed by atoms with van der Waals surface area (Å²) < 4.78 is 5.56. The summed E-state index contributed by atoms with van der Waals surface area (Å²) in [7, 11) is 1.76. The van der Waals surface area contributed by atoms with Crippen LogP contribution in [-0.4, -0.2) is 13.7 Å². The molecule has 0 bridgehead atoms. The Morgan fingerprint density at radius 2 is 2.00 bits per heavy atom. The third-order valence-electron chi connectivity index (χ3n) is 3.13. The number of benzene rings is 1. The van der Waals surface area contributed by atoms with E-state index < -0.39 is 0 Å². The minimum atomic E-state index is 0.494. The zero-order chi connectivity index (χ0) is 12.8. The first-order chi connectivity index (χ1) is 8.13. The van der Waals surface area contributed by atoms with Gasteiger partial charge in [-0.25, -0.2) is 0 Å². The van der Waals surface area contributed by atoms with Crippen LogP contribution < -0.4 is 10.5 Å². The van der Waals surface area contributed by atoms with Crippen LogP contribution in [-0.2, 0) is 12.8 Å². The fourth-order valence-corrected chi connectivity index (χ4v) is 2.17. The summed E-state index contributed by atoms with van der Waals surface area (Å²) in [4.78, 5) is 0. The van der Waals surface area contributed by atoms with E-state index in [0.717, 1.165) is 31.6 Å². The minimum Gasteiger partial charge on any atom is -0.496 e. The highest BCUT2D eigenvalue weighted by Gasteiger charge is 2.13. The zero-order valence-electron chi connectivity index (χ0n) is 11.5. The predicted octanol–water partition coefficient (Wildman–Crippen LogP) is 3.27. The largest absolute Gasteiger partial charge is 0.496 e. The number of ether oxygens (including phenoxy) is 1. The van der Waals surface area contributed by atoms with Crippen LogP contribution >= 0.6 is 0 Å². The second-order valence-electron chi connectivity index (χ2n) is 4.78. The Hall–Kier alpha value is -1.02. The summed E-state index contributed by atoms with van der Waals surface area (Å²) in [6, 6.07) is 4.54. The molecule has 0 aliphatic heterocycles. The smallest absolute Gasteiger partial charge is 0.125 e. The molecule has 1 aromatic rings. The van der Waals surface area contributed by atoms with Gasteiger partial charge in [0.05, 0.1) is 7.11 Å². The van der Waals surface area contributed by atoms with Gasteiger partial charge in [-0.15, -0.1) is 0 Å². The molecule has 0 aromatic heterocycles. The lowest BCUT2D eigenvalue weighted by Crippen LogP contribution is -2.04. The second-order valence-corrected chi connectivity index (χ2v) is 4.78. The molecule has 0 saturated heterocycles. The number of hydrogen-bond donors (Lipinski definition) is 1. The number of methoxy groups -OCH3 is 1. The molecule has 0 atom stereocenters. The molecule has 1 aromatic carbocycles. The molecule has 0 amide bonds. The first kappa shape index (κ1) is 14.0. The zero-order valence-corrected chi connectivity index (χ0v) is 11.5. The highest BCUT2D eigenvalue weighted by molar-refractivity contribution is 5.46. The van der Waals surface area contributed by atoms with Crippen LogP contribution in [0.2, 0.25) is 0 Å². The Morgan fingerprint density at radius 1 is 1.29 bits per heavy atom. The van der Waals surface area contributed by atoms with Gasteiger partial charge in [0.25, 0.3) is 0 Å². The molecule has 0 heterocycles. The van der Waals surface area contributed by atoms with Gasteiger partial charge in [0.15, 0.2) is 0 Å². The average molecular weight is 235 g/mol. The number of aryl methyl sites for hydroxylation is 2. The van der Waals surface area contributed by atoms with Gasteiger partial charge in [-0.1, -0.05) is 32.9 Å². The maximum absolute atomic E-state index is 5.58. The average Bonchev–Trinajstić information content (AvgIpc) is 2.34. The molecule has 0 unspecified atom stereocenters. The highest BCUT2D eigenvalue weighted by atomic mass is 16.5.